The fourth-order valence-corrected chi connectivity index (χ4v) is 1.75. The quantitative estimate of drug-likeness (QED) is 0.647. The van der Waals surface area contributed by atoms with Crippen molar-refractivity contribution in [3.8, 4) is 17.3 Å². The highest BCUT2D eigenvalue weighted by Crippen LogP contribution is 2.29. The Balaban J connectivity index is 2.44. The van der Waals surface area contributed by atoms with Gasteiger partial charge < -0.3 is 9.63 Å². The summed E-state index contributed by atoms with van der Waals surface area (Å²) in [4.78, 5) is 23.2. The van der Waals surface area contributed by atoms with Gasteiger partial charge in [0.1, 0.15) is 5.69 Å². The molecule has 7 nitrogen and oxygen atoms in total. The van der Waals surface area contributed by atoms with E-state index in [4.69, 9.17) is 9.78 Å². The predicted octanol–water partition coefficient (Wildman–Crippen LogP) is 2.59. The number of nitrogens with one attached hydrogen (secondary N) is 1. The zero-order chi connectivity index (χ0) is 17.0. The first kappa shape index (κ1) is 15.7. The number of amides is 1. The van der Waals surface area contributed by atoms with Crippen molar-refractivity contribution in [2.45, 2.75) is 0 Å². The van der Waals surface area contributed by atoms with Crippen LogP contribution in [0.2, 0.25) is 0 Å². The summed E-state index contributed by atoms with van der Waals surface area (Å²) in [6, 6.07) is 8.08. The highest BCUT2D eigenvalue weighted by molar-refractivity contribution is 6.08. The number of carbonyl (C=O) groups excluding carboxylic acids is 1. The molecule has 1 aromatic heterocycles. The van der Waals surface area contributed by atoms with E-state index in [0.717, 1.165) is 0 Å². The number of nitriles is 1. The minimum Gasteiger partial charge on any atom is -0.477 e. The molecule has 0 atom stereocenters. The van der Waals surface area contributed by atoms with Gasteiger partial charge in [-0.2, -0.15) is 5.26 Å². The first-order valence-corrected chi connectivity index (χ1v) is 6.34. The Morgan fingerprint density at radius 1 is 1.35 bits per heavy atom. The molecule has 2 rings (SSSR count). The van der Waals surface area contributed by atoms with E-state index >= 15 is 0 Å². The largest absolute Gasteiger partial charge is 0.477 e. The molecule has 0 aliphatic rings. The van der Waals surface area contributed by atoms with Gasteiger partial charge in [0.2, 0.25) is 5.88 Å². The summed E-state index contributed by atoms with van der Waals surface area (Å²) in [5.74, 6) is -2.26. The summed E-state index contributed by atoms with van der Waals surface area (Å²) in [5.41, 5.74) is 0.664. The van der Waals surface area contributed by atoms with Crippen LogP contribution in [-0.4, -0.2) is 22.1 Å². The van der Waals surface area contributed by atoms with Crippen LogP contribution < -0.4 is 5.32 Å². The monoisotopic (exact) mass is 309 g/mol. The Bertz CT molecular complexity index is 841. The van der Waals surface area contributed by atoms with Gasteiger partial charge >= 0.3 is 5.97 Å². The number of aromatic nitrogens is 1. The van der Waals surface area contributed by atoms with Gasteiger partial charge in [-0.25, -0.2) is 4.79 Å². The molecular weight excluding hydrogens is 298 g/mol. The second-order valence-corrected chi connectivity index (χ2v) is 4.41. The Hall–Kier alpha value is -3.66. The number of carboxylic acids is 1. The molecule has 114 valence electrons. The maximum atomic E-state index is 11.7. The van der Waals surface area contributed by atoms with Crippen molar-refractivity contribution in [2.75, 3.05) is 5.32 Å². The van der Waals surface area contributed by atoms with E-state index in [0.29, 0.717) is 11.1 Å². The number of anilines is 1. The number of benzene rings is 1. The highest BCUT2D eigenvalue weighted by Gasteiger charge is 2.25. The third-order valence-electron chi connectivity index (χ3n) is 2.96. The van der Waals surface area contributed by atoms with Crippen LogP contribution in [0.25, 0.3) is 11.3 Å². The molecule has 1 heterocycles. The lowest BCUT2D eigenvalue weighted by Crippen LogP contribution is -2.14. The fraction of sp³-hybridized carbons (Fsp3) is 0. The number of nitrogens with zero attached hydrogens (tertiary/aromatic N) is 2. The molecular formula is C16H11N3O4. The van der Waals surface area contributed by atoms with Crippen LogP contribution in [0.1, 0.15) is 15.9 Å². The molecule has 1 aromatic carbocycles. The third-order valence-corrected chi connectivity index (χ3v) is 2.96. The molecule has 2 aromatic rings. The lowest BCUT2D eigenvalue weighted by Gasteiger charge is -2.02. The minimum atomic E-state index is -1.31. The van der Waals surface area contributed by atoms with Gasteiger partial charge in [-0.05, 0) is 12.1 Å². The van der Waals surface area contributed by atoms with Gasteiger partial charge in [0.05, 0.1) is 11.6 Å². The average molecular weight is 309 g/mol. The average Bonchev–Trinajstić information content (AvgIpc) is 2.97. The van der Waals surface area contributed by atoms with Crippen molar-refractivity contribution < 1.29 is 19.2 Å². The molecule has 0 aliphatic heterocycles. The number of carboxylic acid groups (broad SMARTS) is 1. The maximum absolute atomic E-state index is 11.7. The highest BCUT2D eigenvalue weighted by atomic mass is 16.5. The Morgan fingerprint density at radius 3 is 2.52 bits per heavy atom. The van der Waals surface area contributed by atoms with E-state index in [1.807, 2.05) is 6.07 Å². The molecule has 0 aliphatic carbocycles. The molecule has 0 bridgehead atoms. The maximum Gasteiger partial charge on any atom is 0.343 e. The van der Waals surface area contributed by atoms with Crippen LogP contribution in [0, 0.1) is 11.3 Å². The standard InChI is InChI=1S/C16H11N3O4/c1-3-9(2)14(20)18-15-12(16(21)22)13(19-23-15)11-6-4-10(8-17)5-7-11/h3-7H,1-2H2,(H,18,20)(H,21,22). The summed E-state index contributed by atoms with van der Waals surface area (Å²) in [5, 5.41) is 24.1. The SMILES string of the molecule is C=CC(=C)C(=O)Nc1onc(-c2ccc(C#N)cc2)c1C(=O)O. The van der Waals surface area contributed by atoms with Crippen molar-refractivity contribution in [1.82, 2.24) is 5.16 Å². The normalized spacial score (nSPS) is 9.70. The van der Waals surface area contributed by atoms with Crippen LogP contribution in [0.15, 0.2) is 53.6 Å². The molecule has 0 radical (unpaired) electrons. The summed E-state index contributed by atoms with van der Waals surface area (Å²) >= 11 is 0. The van der Waals surface area contributed by atoms with E-state index in [1.54, 1.807) is 0 Å². The molecule has 0 fully saturated rings. The van der Waals surface area contributed by atoms with Gasteiger partial charge in [0.15, 0.2) is 5.56 Å². The van der Waals surface area contributed by atoms with E-state index in [1.165, 1.54) is 30.3 Å². The van der Waals surface area contributed by atoms with Crippen molar-refractivity contribution >= 4 is 17.8 Å². The van der Waals surface area contributed by atoms with Crippen LogP contribution in [-0.2, 0) is 4.79 Å². The number of hydrogen-bond acceptors (Lipinski definition) is 5. The zero-order valence-electron chi connectivity index (χ0n) is 11.9. The first-order chi connectivity index (χ1) is 11.0. The van der Waals surface area contributed by atoms with Gasteiger partial charge in [-0.15, -0.1) is 0 Å². The van der Waals surface area contributed by atoms with Crippen LogP contribution in [0.5, 0.6) is 0 Å². The summed E-state index contributed by atoms with van der Waals surface area (Å²) in [6.07, 6.45) is 1.23. The van der Waals surface area contributed by atoms with Gasteiger partial charge in [0, 0.05) is 11.1 Å². The van der Waals surface area contributed by atoms with Crippen molar-refractivity contribution in [3.63, 3.8) is 0 Å². The number of carbonyl (C=O) groups is 2. The molecule has 0 saturated heterocycles. The first-order valence-electron chi connectivity index (χ1n) is 6.34. The number of aromatic carboxylic acids is 1. The number of rotatable bonds is 5. The molecule has 7 heteroatoms. The van der Waals surface area contributed by atoms with E-state index < -0.39 is 11.9 Å². The van der Waals surface area contributed by atoms with Gasteiger partial charge in [-0.1, -0.05) is 36.5 Å². The molecule has 0 unspecified atom stereocenters. The topological polar surface area (TPSA) is 116 Å². The van der Waals surface area contributed by atoms with E-state index in [-0.39, 0.29) is 22.7 Å². The second-order valence-electron chi connectivity index (χ2n) is 4.41. The summed E-state index contributed by atoms with van der Waals surface area (Å²) in [7, 11) is 0. The van der Waals surface area contributed by atoms with Crippen LogP contribution in [0.4, 0.5) is 5.88 Å². The van der Waals surface area contributed by atoms with Crippen molar-refractivity contribution in [2.24, 2.45) is 0 Å². The summed E-state index contributed by atoms with van der Waals surface area (Å²) in [6.45, 7) is 6.86. The minimum absolute atomic E-state index is 0.0431. The lowest BCUT2D eigenvalue weighted by atomic mass is 10.1. The Kier molecular flexibility index (Phi) is 4.38. The van der Waals surface area contributed by atoms with Gasteiger partial charge in [-0.3, -0.25) is 10.1 Å². The molecule has 0 spiro atoms. The fourth-order valence-electron chi connectivity index (χ4n) is 1.75. The second kappa shape index (κ2) is 6.41. The molecule has 1 amide bonds. The Morgan fingerprint density at radius 2 is 2.00 bits per heavy atom. The van der Waals surface area contributed by atoms with Crippen LogP contribution in [0.3, 0.4) is 0 Å². The van der Waals surface area contributed by atoms with E-state index in [2.05, 4.69) is 23.6 Å². The van der Waals surface area contributed by atoms with Gasteiger partial charge in [0.25, 0.3) is 5.91 Å². The Labute approximate surface area is 131 Å². The molecule has 2 N–H and O–H groups in total. The van der Waals surface area contributed by atoms with Crippen molar-refractivity contribution in [3.05, 3.63) is 60.2 Å². The predicted molar refractivity (Wildman–Crippen MR) is 81.6 cm³/mol. The number of hydrogen-bond donors (Lipinski definition) is 2. The van der Waals surface area contributed by atoms with Crippen LogP contribution >= 0.6 is 0 Å². The molecule has 23 heavy (non-hydrogen) atoms. The molecule has 0 saturated carbocycles. The zero-order valence-corrected chi connectivity index (χ0v) is 11.9. The summed E-state index contributed by atoms with van der Waals surface area (Å²) < 4.78 is 4.93. The van der Waals surface area contributed by atoms with E-state index in [9.17, 15) is 14.7 Å². The lowest BCUT2D eigenvalue weighted by molar-refractivity contribution is -0.112. The third kappa shape index (κ3) is 3.16. The smallest absolute Gasteiger partial charge is 0.343 e. The van der Waals surface area contributed by atoms with Crippen molar-refractivity contribution in [1.29, 1.82) is 5.26 Å².